The van der Waals surface area contributed by atoms with Gasteiger partial charge in [-0.3, -0.25) is 19.3 Å². The third-order valence-corrected chi connectivity index (χ3v) is 6.08. The first-order valence-corrected chi connectivity index (χ1v) is 11.1. The number of benzene rings is 2. The molecule has 0 spiro atoms. The summed E-state index contributed by atoms with van der Waals surface area (Å²) in [7, 11) is 0. The molecule has 2 aliphatic heterocycles. The molecule has 2 saturated heterocycles. The molecule has 168 valence electrons. The first-order chi connectivity index (χ1) is 15.4. The molecule has 1 atom stereocenters. The van der Waals surface area contributed by atoms with Gasteiger partial charge in [-0.2, -0.15) is 0 Å². The second-order valence-corrected chi connectivity index (χ2v) is 8.44. The summed E-state index contributed by atoms with van der Waals surface area (Å²) in [4.78, 5) is 44.7. The molecule has 1 unspecified atom stereocenters. The van der Waals surface area contributed by atoms with E-state index in [0.717, 1.165) is 24.2 Å². The highest BCUT2D eigenvalue weighted by molar-refractivity contribution is 6.23. The van der Waals surface area contributed by atoms with Crippen molar-refractivity contribution in [1.29, 1.82) is 0 Å². The number of anilines is 1. The van der Waals surface area contributed by atoms with E-state index >= 15 is 0 Å². The number of amides is 3. The Kier molecular flexibility index (Phi) is 6.67. The van der Waals surface area contributed by atoms with Gasteiger partial charge in [-0.05, 0) is 38.1 Å². The van der Waals surface area contributed by atoms with E-state index in [-0.39, 0.29) is 24.1 Å². The van der Waals surface area contributed by atoms with Gasteiger partial charge in [0.25, 0.3) is 11.8 Å². The van der Waals surface area contributed by atoms with E-state index in [1.807, 2.05) is 44.2 Å². The van der Waals surface area contributed by atoms with Crippen LogP contribution in [0.4, 0.5) is 5.69 Å². The summed E-state index contributed by atoms with van der Waals surface area (Å²) in [5, 5.41) is 0. The van der Waals surface area contributed by atoms with E-state index in [1.165, 1.54) is 4.90 Å². The monoisotopic (exact) mass is 435 g/mol. The van der Waals surface area contributed by atoms with E-state index < -0.39 is 6.04 Å². The van der Waals surface area contributed by atoms with Crippen LogP contribution in [0, 0.1) is 13.8 Å². The van der Waals surface area contributed by atoms with Gasteiger partial charge in [-0.25, -0.2) is 4.90 Å². The smallest absolute Gasteiger partial charge is 0.257 e. The third kappa shape index (κ3) is 4.74. The fraction of sp³-hybridized carbons (Fsp3) is 0.400. The molecule has 2 fully saturated rings. The highest BCUT2D eigenvalue weighted by atomic mass is 16.5. The SMILES string of the molecule is Cc1ccc(N2C(=O)CC(N(CCN3CCOCC3)C(=O)c3cccc(C)c3)C2=O)cc1. The maximum atomic E-state index is 13.5. The summed E-state index contributed by atoms with van der Waals surface area (Å²) in [6.45, 7) is 7.79. The molecule has 7 heteroatoms. The predicted molar refractivity (Wildman–Crippen MR) is 122 cm³/mol. The fourth-order valence-electron chi connectivity index (χ4n) is 4.24. The summed E-state index contributed by atoms with van der Waals surface area (Å²) in [6.07, 6.45) is -0.00657. The first-order valence-electron chi connectivity index (χ1n) is 11.1. The molecule has 0 aromatic heterocycles. The number of ether oxygens (including phenoxy) is 1. The van der Waals surface area contributed by atoms with E-state index in [4.69, 9.17) is 4.74 Å². The van der Waals surface area contributed by atoms with Crippen LogP contribution >= 0.6 is 0 Å². The minimum atomic E-state index is -0.808. The van der Waals surface area contributed by atoms with Gasteiger partial charge < -0.3 is 9.64 Å². The Bertz CT molecular complexity index is 999. The molecule has 7 nitrogen and oxygen atoms in total. The van der Waals surface area contributed by atoms with Crippen molar-refractivity contribution in [3.05, 3.63) is 65.2 Å². The lowest BCUT2D eigenvalue weighted by Gasteiger charge is -2.32. The van der Waals surface area contributed by atoms with Gasteiger partial charge in [-0.1, -0.05) is 35.4 Å². The summed E-state index contributed by atoms with van der Waals surface area (Å²) in [5.74, 6) is -0.849. The quantitative estimate of drug-likeness (QED) is 0.652. The molecule has 2 aromatic carbocycles. The van der Waals surface area contributed by atoms with Crippen molar-refractivity contribution in [2.75, 3.05) is 44.3 Å². The third-order valence-electron chi connectivity index (χ3n) is 6.08. The second kappa shape index (κ2) is 9.63. The van der Waals surface area contributed by atoms with Crippen LogP contribution in [0.25, 0.3) is 0 Å². The Morgan fingerprint density at radius 1 is 1.03 bits per heavy atom. The van der Waals surface area contributed by atoms with Gasteiger partial charge in [-0.15, -0.1) is 0 Å². The van der Waals surface area contributed by atoms with Gasteiger partial charge in [0.15, 0.2) is 0 Å². The highest BCUT2D eigenvalue weighted by Crippen LogP contribution is 2.27. The summed E-state index contributed by atoms with van der Waals surface area (Å²) >= 11 is 0. The number of hydrogen-bond acceptors (Lipinski definition) is 5. The van der Waals surface area contributed by atoms with Crippen LogP contribution in [0.1, 0.15) is 27.9 Å². The Morgan fingerprint density at radius 3 is 2.44 bits per heavy atom. The number of nitrogens with zero attached hydrogens (tertiary/aromatic N) is 3. The molecule has 0 N–H and O–H groups in total. The minimum absolute atomic E-state index is 0.00657. The number of morpholine rings is 1. The van der Waals surface area contributed by atoms with Crippen molar-refractivity contribution in [3.63, 3.8) is 0 Å². The van der Waals surface area contributed by atoms with E-state index in [0.29, 0.717) is 37.6 Å². The lowest BCUT2D eigenvalue weighted by atomic mass is 10.1. The van der Waals surface area contributed by atoms with Crippen LogP contribution in [-0.2, 0) is 14.3 Å². The zero-order valence-corrected chi connectivity index (χ0v) is 18.6. The number of carbonyl (C=O) groups excluding carboxylic acids is 3. The normalized spacial score (nSPS) is 19.4. The number of rotatable bonds is 6. The Hall–Kier alpha value is -3.03. The Labute approximate surface area is 188 Å². The Morgan fingerprint density at radius 2 is 1.75 bits per heavy atom. The van der Waals surface area contributed by atoms with Crippen LogP contribution in [0.5, 0.6) is 0 Å². The second-order valence-electron chi connectivity index (χ2n) is 8.44. The standard InChI is InChI=1S/C25H29N3O4/c1-18-6-8-21(9-7-18)28-23(29)17-22(25(28)31)27(11-10-26-12-14-32-15-13-26)24(30)20-5-3-4-19(2)16-20/h3-9,16,22H,10-15,17H2,1-2H3. The summed E-state index contributed by atoms with van der Waals surface area (Å²) in [6, 6.07) is 13.8. The predicted octanol–water partition coefficient (Wildman–Crippen LogP) is 2.41. The molecule has 0 saturated carbocycles. The maximum Gasteiger partial charge on any atom is 0.257 e. The zero-order valence-electron chi connectivity index (χ0n) is 18.6. The molecular formula is C25H29N3O4. The average molecular weight is 436 g/mol. The van der Waals surface area contributed by atoms with Crippen molar-refractivity contribution in [1.82, 2.24) is 9.80 Å². The van der Waals surface area contributed by atoms with Crippen molar-refractivity contribution < 1.29 is 19.1 Å². The molecular weight excluding hydrogens is 406 g/mol. The topological polar surface area (TPSA) is 70.2 Å². The molecule has 0 aliphatic carbocycles. The number of hydrogen-bond donors (Lipinski definition) is 0. The van der Waals surface area contributed by atoms with Gasteiger partial charge >= 0.3 is 0 Å². The van der Waals surface area contributed by atoms with Crippen molar-refractivity contribution in [2.24, 2.45) is 0 Å². The van der Waals surface area contributed by atoms with Crippen molar-refractivity contribution in [2.45, 2.75) is 26.3 Å². The lowest BCUT2D eigenvalue weighted by molar-refractivity contribution is -0.122. The molecule has 32 heavy (non-hydrogen) atoms. The lowest BCUT2D eigenvalue weighted by Crippen LogP contribution is -2.49. The molecule has 2 aromatic rings. The fourth-order valence-corrected chi connectivity index (χ4v) is 4.24. The van der Waals surface area contributed by atoms with Gasteiger partial charge in [0.2, 0.25) is 5.91 Å². The number of carbonyl (C=O) groups is 3. The van der Waals surface area contributed by atoms with Crippen LogP contribution < -0.4 is 4.90 Å². The zero-order chi connectivity index (χ0) is 22.7. The summed E-state index contributed by atoms with van der Waals surface area (Å²) < 4.78 is 5.41. The van der Waals surface area contributed by atoms with Gasteiger partial charge in [0, 0.05) is 31.7 Å². The van der Waals surface area contributed by atoms with E-state index in [9.17, 15) is 14.4 Å². The first kappa shape index (κ1) is 22.2. The number of imide groups is 1. The molecule has 0 bridgehead atoms. The summed E-state index contributed by atoms with van der Waals surface area (Å²) in [5.41, 5.74) is 3.09. The van der Waals surface area contributed by atoms with Crippen LogP contribution in [0.3, 0.4) is 0 Å². The molecule has 3 amide bonds. The van der Waals surface area contributed by atoms with Crippen LogP contribution in [0.15, 0.2) is 48.5 Å². The maximum absolute atomic E-state index is 13.5. The highest BCUT2D eigenvalue weighted by Gasteiger charge is 2.44. The largest absolute Gasteiger partial charge is 0.379 e. The molecule has 2 heterocycles. The van der Waals surface area contributed by atoms with Crippen LogP contribution in [0.2, 0.25) is 0 Å². The van der Waals surface area contributed by atoms with Crippen molar-refractivity contribution in [3.8, 4) is 0 Å². The van der Waals surface area contributed by atoms with Gasteiger partial charge in [0.05, 0.1) is 25.3 Å². The Balaban J connectivity index is 1.59. The molecule has 4 rings (SSSR count). The molecule has 2 aliphatic rings. The van der Waals surface area contributed by atoms with Gasteiger partial charge in [0.1, 0.15) is 6.04 Å². The molecule has 0 radical (unpaired) electrons. The van der Waals surface area contributed by atoms with E-state index in [1.54, 1.807) is 23.1 Å². The number of aryl methyl sites for hydroxylation is 2. The van der Waals surface area contributed by atoms with Crippen molar-refractivity contribution >= 4 is 23.4 Å². The van der Waals surface area contributed by atoms with E-state index in [2.05, 4.69) is 4.90 Å². The average Bonchev–Trinajstić information content (AvgIpc) is 3.09. The van der Waals surface area contributed by atoms with Crippen LogP contribution in [-0.4, -0.2) is 73.0 Å². The minimum Gasteiger partial charge on any atom is -0.379 e.